The lowest BCUT2D eigenvalue weighted by molar-refractivity contribution is -0.384. The van der Waals surface area contributed by atoms with Crippen LogP contribution >= 0.6 is 11.8 Å². The molecule has 2 aliphatic rings. The minimum Gasteiger partial charge on any atom is -0.428 e. The second-order valence-corrected chi connectivity index (χ2v) is 8.14. The molecule has 8 nitrogen and oxygen atoms in total. The molecule has 0 N–H and O–H groups in total. The van der Waals surface area contributed by atoms with E-state index in [1.54, 1.807) is 32.9 Å². The summed E-state index contributed by atoms with van der Waals surface area (Å²) >= 11 is 1.32. The molecule has 0 radical (unpaired) electrons. The van der Waals surface area contributed by atoms with Crippen LogP contribution < -0.4 is 0 Å². The first kappa shape index (κ1) is 18.2. The molecule has 1 aromatic rings. The number of hydrogen-bond donors (Lipinski definition) is 0. The number of thioether (sulfide) groups is 1. The van der Waals surface area contributed by atoms with E-state index in [1.165, 1.54) is 28.8 Å². The highest BCUT2D eigenvalue weighted by Crippen LogP contribution is 2.45. The molecule has 0 saturated carbocycles. The van der Waals surface area contributed by atoms with Gasteiger partial charge in [0, 0.05) is 29.9 Å². The number of β-lactam (4-membered cyclic amide) rings is 1. The minimum absolute atomic E-state index is 0.000947. The summed E-state index contributed by atoms with van der Waals surface area (Å²) in [6.07, 6.45) is 0.117. The van der Waals surface area contributed by atoms with Gasteiger partial charge >= 0.3 is 6.16 Å². The molecule has 1 atom stereocenters. The summed E-state index contributed by atoms with van der Waals surface area (Å²) in [7, 11) is 0. The Hall–Kier alpha value is -2.55. The smallest absolute Gasteiger partial charge is 0.428 e. The van der Waals surface area contributed by atoms with Crippen molar-refractivity contribution in [3.8, 4) is 0 Å². The quantitative estimate of drug-likeness (QED) is 0.340. The molecule has 0 aromatic heterocycles. The van der Waals surface area contributed by atoms with Gasteiger partial charge in [0.1, 0.15) is 5.60 Å². The van der Waals surface area contributed by atoms with Gasteiger partial charge in [-0.3, -0.25) is 19.8 Å². The van der Waals surface area contributed by atoms with Crippen molar-refractivity contribution in [2.24, 2.45) is 0 Å². The van der Waals surface area contributed by atoms with E-state index < -0.39 is 16.7 Å². The van der Waals surface area contributed by atoms with Gasteiger partial charge in [0.05, 0.1) is 15.9 Å². The number of non-ortho nitro benzene ring substituents is 1. The first-order chi connectivity index (χ1) is 12.1. The Morgan fingerprint density at radius 2 is 1.92 bits per heavy atom. The molecule has 9 heteroatoms. The van der Waals surface area contributed by atoms with Crippen molar-refractivity contribution in [1.82, 2.24) is 4.90 Å². The zero-order valence-corrected chi connectivity index (χ0v) is 15.4. The minimum atomic E-state index is -0.866. The fourth-order valence-corrected chi connectivity index (χ4v) is 3.74. The molecule has 2 aliphatic heterocycles. The maximum Gasteiger partial charge on any atom is 0.515 e. The van der Waals surface area contributed by atoms with Crippen LogP contribution in [0, 0.1) is 10.1 Å². The van der Waals surface area contributed by atoms with Crippen molar-refractivity contribution in [2.45, 2.75) is 50.2 Å². The van der Waals surface area contributed by atoms with E-state index in [9.17, 15) is 19.7 Å². The van der Waals surface area contributed by atoms with Crippen LogP contribution in [0.15, 0.2) is 39.9 Å². The number of nitro benzene ring substituents is 1. The van der Waals surface area contributed by atoms with Gasteiger partial charge in [-0.05, 0) is 32.9 Å². The SMILES string of the molecule is CC(C)(C)OC(=O)OC1=C(Sc2ccc([N+](=O)[O-])cc2)CC2CC(=O)N12. The third kappa shape index (κ3) is 3.82. The average molecular weight is 378 g/mol. The van der Waals surface area contributed by atoms with E-state index in [0.717, 1.165) is 9.80 Å². The van der Waals surface area contributed by atoms with Crippen LogP contribution in [0.2, 0.25) is 0 Å². The fourth-order valence-electron chi connectivity index (χ4n) is 2.68. The number of benzene rings is 1. The second kappa shape index (κ2) is 6.64. The lowest BCUT2D eigenvalue weighted by Gasteiger charge is -2.35. The molecule has 3 rings (SSSR count). The number of amides is 1. The first-order valence-electron chi connectivity index (χ1n) is 8.02. The summed E-state index contributed by atoms with van der Waals surface area (Å²) < 4.78 is 10.5. The molecule has 0 aliphatic carbocycles. The number of hydrogen-bond acceptors (Lipinski definition) is 7. The molecule has 26 heavy (non-hydrogen) atoms. The summed E-state index contributed by atoms with van der Waals surface area (Å²) in [6.45, 7) is 5.17. The number of carbonyl (C=O) groups is 2. The van der Waals surface area contributed by atoms with E-state index >= 15 is 0 Å². The van der Waals surface area contributed by atoms with Crippen LogP contribution in [-0.2, 0) is 14.3 Å². The molecule has 1 unspecified atom stereocenters. The Balaban J connectivity index is 1.79. The van der Waals surface area contributed by atoms with E-state index in [2.05, 4.69) is 0 Å². The van der Waals surface area contributed by atoms with Gasteiger partial charge in [-0.2, -0.15) is 0 Å². The van der Waals surface area contributed by atoms with E-state index in [0.29, 0.717) is 12.8 Å². The Labute approximate surface area is 154 Å². The Morgan fingerprint density at radius 3 is 2.46 bits per heavy atom. The highest BCUT2D eigenvalue weighted by molar-refractivity contribution is 8.03. The van der Waals surface area contributed by atoms with Gasteiger partial charge in [0.2, 0.25) is 11.8 Å². The molecule has 1 aromatic carbocycles. The van der Waals surface area contributed by atoms with Gasteiger partial charge in [0.25, 0.3) is 5.69 Å². The van der Waals surface area contributed by atoms with Gasteiger partial charge in [-0.1, -0.05) is 11.8 Å². The number of nitrogens with zero attached hydrogens (tertiary/aromatic N) is 2. The zero-order chi connectivity index (χ0) is 19.1. The van der Waals surface area contributed by atoms with Crippen molar-refractivity contribution in [2.75, 3.05) is 0 Å². The van der Waals surface area contributed by atoms with Crippen LogP contribution in [0.4, 0.5) is 10.5 Å². The summed E-state index contributed by atoms with van der Waals surface area (Å²) in [5, 5.41) is 10.7. The first-order valence-corrected chi connectivity index (χ1v) is 8.84. The van der Waals surface area contributed by atoms with E-state index in [4.69, 9.17) is 9.47 Å². The molecule has 1 saturated heterocycles. The highest BCUT2D eigenvalue weighted by atomic mass is 32.2. The maximum atomic E-state index is 12.0. The van der Waals surface area contributed by atoms with Gasteiger partial charge in [-0.25, -0.2) is 4.79 Å². The third-order valence-corrected chi connectivity index (χ3v) is 4.88. The molecule has 1 amide bonds. The highest BCUT2D eigenvalue weighted by Gasteiger charge is 2.47. The maximum absolute atomic E-state index is 12.0. The van der Waals surface area contributed by atoms with Crippen LogP contribution in [-0.4, -0.2) is 33.5 Å². The summed E-state index contributed by atoms with van der Waals surface area (Å²) in [6, 6.07) is 6.05. The van der Waals surface area contributed by atoms with Crippen molar-refractivity contribution < 1.29 is 24.0 Å². The Bertz CT molecular complexity index is 796. The van der Waals surface area contributed by atoms with Gasteiger partial charge in [0.15, 0.2) is 0 Å². The van der Waals surface area contributed by atoms with Crippen LogP contribution in [0.1, 0.15) is 33.6 Å². The molecular formula is C17H18N2O6S. The van der Waals surface area contributed by atoms with Gasteiger partial charge < -0.3 is 9.47 Å². The van der Waals surface area contributed by atoms with Crippen molar-refractivity contribution in [3.63, 3.8) is 0 Å². The van der Waals surface area contributed by atoms with Gasteiger partial charge in [-0.15, -0.1) is 0 Å². The Kier molecular flexibility index (Phi) is 4.66. The predicted octanol–water partition coefficient (Wildman–Crippen LogP) is 3.81. The van der Waals surface area contributed by atoms with Crippen molar-refractivity contribution >= 4 is 29.5 Å². The normalized spacial score (nSPS) is 19.1. The number of fused-ring (bicyclic) bond motifs is 1. The Morgan fingerprint density at radius 1 is 1.27 bits per heavy atom. The van der Waals surface area contributed by atoms with Crippen LogP contribution in [0.3, 0.4) is 0 Å². The molecule has 138 valence electrons. The number of carbonyl (C=O) groups excluding carboxylic acids is 2. The third-order valence-electron chi connectivity index (χ3n) is 3.78. The monoisotopic (exact) mass is 378 g/mol. The second-order valence-electron chi connectivity index (χ2n) is 6.97. The van der Waals surface area contributed by atoms with Crippen LogP contribution in [0.5, 0.6) is 0 Å². The molecule has 2 heterocycles. The average Bonchev–Trinajstić information content (AvgIpc) is 2.77. The summed E-state index contributed by atoms with van der Waals surface area (Å²) in [5.74, 6) is 0.0942. The number of nitro groups is 1. The lowest BCUT2D eigenvalue weighted by Crippen LogP contribution is -2.49. The zero-order valence-electron chi connectivity index (χ0n) is 14.6. The topological polar surface area (TPSA) is 99.0 Å². The lowest BCUT2D eigenvalue weighted by atomic mass is 10.0. The fraction of sp³-hybridized carbons (Fsp3) is 0.412. The van der Waals surface area contributed by atoms with Crippen molar-refractivity contribution in [1.29, 1.82) is 0 Å². The van der Waals surface area contributed by atoms with E-state index in [1.807, 2.05) is 0 Å². The number of ether oxygens (including phenoxy) is 2. The van der Waals surface area contributed by atoms with E-state index in [-0.39, 0.29) is 23.5 Å². The van der Waals surface area contributed by atoms with Crippen LogP contribution in [0.25, 0.3) is 0 Å². The molecule has 1 fully saturated rings. The number of rotatable bonds is 4. The largest absolute Gasteiger partial charge is 0.515 e. The van der Waals surface area contributed by atoms with Crippen molar-refractivity contribution in [3.05, 3.63) is 45.2 Å². The summed E-state index contributed by atoms with van der Waals surface area (Å²) in [4.78, 5) is 37.1. The molecule has 0 spiro atoms. The summed E-state index contributed by atoms with van der Waals surface area (Å²) in [5.41, 5.74) is -0.709. The standard InChI is InChI=1S/C17H18N2O6S/c1-17(2,3)25-16(21)24-15-13(8-11-9-14(20)18(11)15)26-12-6-4-10(5-7-12)19(22)23/h4-7,11H,8-9H2,1-3H3. The molecular weight excluding hydrogens is 360 g/mol. The predicted molar refractivity (Wildman–Crippen MR) is 93.2 cm³/mol. The molecule has 0 bridgehead atoms.